The van der Waals surface area contributed by atoms with Crippen LogP contribution in [0.25, 0.3) is 0 Å². The number of hydrogen-bond donors (Lipinski definition) is 1. The monoisotopic (exact) mass is 261 g/mol. The van der Waals surface area contributed by atoms with E-state index in [4.69, 9.17) is 0 Å². The van der Waals surface area contributed by atoms with Gasteiger partial charge in [0.15, 0.2) is 4.21 Å². The van der Waals surface area contributed by atoms with E-state index in [1.807, 2.05) is 6.92 Å². The molecule has 0 radical (unpaired) electrons. The van der Waals surface area contributed by atoms with Gasteiger partial charge in [-0.1, -0.05) is 0 Å². The van der Waals surface area contributed by atoms with Gasteiger partial charge in [0, 0.05) is 26.2 Å². The highest BCUT2D eigenvalue weighted by atomic mass is 32.2. The molecule has 0 bridgehead atoms. The van der Waals surface area contributed by atoms with Crippen LogP contribution in [0.3, 0.4) is 0 Å². The summed E-state index contributed by atoms with van der Waals surface area (Å²) in [5, 5.41) is 3.94. The van der Waals surface area contributed by atoms with Crippen molar-refractivity contribution in [3.05, 3.63) is 10.7 Å². The molecule has 0 spiro atoms. The van der Waals surface area contributed by atoms with Crippen LogP contribution in [0.4, 0.5) is 0 Å². The Kier molecular flexibility index (Phi) is 3.29. The normalized spacial score (nSPS) is 18.9. The van der Waals surface area contributed by atoms with E-state index in [2.05, 4.69) is 10.3 Å². The summed E-state index contributed by atoms with van der Waals surface area (Å²) in [4.78, 5) is 4.17. The zero-order chi connectivity index (χ0) is 11.8. The van der Waals surface area contributed by atoms with Crippen molar-refractivity contribution in [2.24, 2.45) is 0 Å². The highest BCUT2D eigenvalue weighted by Crippen LogP contribution is 2.26. The highest BCUT2D eigenvalue weighted by Gasteiger charge is 2.29. The van der Waals surface area contributed by atoms with Gasteiger partial charge in [-0.05, 0) is 13.8 Å². The molecular weight excluding hydrogens is 246 g/mol. The maximum absolute atomic E-state index is 12.3. The van der Waals surface area contributed by atoms with E-state index in [9.17, 15) is 8.42 Å². The molecule has 2 rings (SSSR count). The predicted octanol–water partition coefficient (Wildman–Crippen LogP) is 0.354. The number of nitrogens with one attached hydrogen (secondary N) is 1. The number of aromatic nitrogens is 1. The predicted molar refractivity (Wildman–Crippen MR) is 63.2 cm³/mol. The van der Waals surface area contributed by atoms with Crippen molar-refractivity contribution in [1.29, 1.82) is 0 Å². The second-order valence-corrected chi connectivity index (χ2v) is 7.10. The van der Waals surface area contributed by atoms with Crippen LogP contribution in [-0.4, -0.2) is 43.9 Å². The van der Waals surface area contributed by atoms with E-state index in [0.29, 0.717) is 23.0 Å². The molecule has 1 aliphatic heterocycles. The van der Waals surface area contributed by atoms with E-state index >= 15 is 0 Å². The minimum atomic E-state index is -3.32. The Labute approximate surface area is 99.5 Å². The Balaban J connectivity index is 2.34. The van der Waals surface area contributed by atoms with Crippen LogP contribution in [0.5, 0.6) is 0 Å². The number of aryl methyl sites for hydroxylation is 2. The summed E-state index contributed by atoms with van der Waals surface area (Å²) in [6, 6.07) is 0. The van der Waals surface area contributed by atoms with Gasteiger partial charge in [0.25, 0.3) is 10.0 Å². The summed E-state index contributed by atoms with van der Waals surface area (Å²) in [5.41, 5.74) is 0.612. The first-order valence-electron chi connectivity index (χ1n) is 5.17. The lowest BCUT2D eigenvalue weighted by Gasteiger charge is -2.26. The van der Waals surface area contributed by atoms with Crippen molar-refractivity contribution in [3.8, 4) is 0 Å². The minimum absolute atomic E-state index is 0.395. The standard InChI is InChI=1S/C9H15N3O2S2/c1-7-9(15-8(2)11-7)16(13,14)12-5-3-10-4-6-12/h10H,3-6H2,1-2H3. The van der Waals surface area contributed by atoms with Gasteiger partial charge in [0.2, 0.25) is 0 Å². The molecule has 1 aliphatic rings. The summed E-state index contributed by atoms with van der Waals surface area (Å²) in [5.74, 6) is 0. The third kappa shape index (κ3) is 2.13. The average molecular weight is 261 g/mol. The summed E-state index contributed by atoms with van der Waals surface area (Å²) in [6.07, 6.45) is 0. The van der Waals surface area contributed by atoms with Crippen LogP contribution in [0, 0.1) is 13.8 Å². The molecule has 1 aromatic rings. The molecule has 1 aromatic heterocycles. The Morgan fingerprint density at radius 3 is 2.44 bits per heavy atom. The van der Waals surface area contributed by atoms with E-state index in [-0.39, 0.29) is 0 Å². The highest BCUT2D eigenvalue weighted by molar-refractivity contribution is 7.91. The second-order valence-electron chi connectivity index (χ2n) is 3.76. The molecule has 0 amide bonds. The summed E-state index contributed by atoms with van der Waals surface area (Å²) < 4.78 is 26.5. The second kappa shape index (κ2) is 4.40. The Morgan fingerprint density at radius 1 is 1.31 bits per heavy atom. The molecule has 16 heavy (non-hydrogen) atoms. The van der Waals surface area contributed by atoms with Crippen LogP contribution in [0.15, 0.2) is 4.21 Å². The van der Waals surface area contributed by atoms with Gasteiger partial charge >= 0.3 is 0 Å². The fraction of sp³-hybridized carbons (Fsp3) is 0.667. The number of hydrogen-bond acceptors (Lipinski definition) is 5. The van der Waals surface area contributed by atoms with Gasteiger partial charge in [-0.3, -0.25) is 0 Å². The largest absolute Gasteiger partial charge is 0.314 e. The molecule has 5 nitrogen and oxygen atoms in total. The third-order valence-electron chi connectivity index (χ3n) is 2.51. The van der Waals surface area contributed by atoms with E-state index in [0.717, 1.165) is 18.1 Å². The molecular formula is C9H15N3O2S2. The first kappa shape index (κ1) is 12.0. The van der Waals surface area contributed by atoms with E-state index < -0.39 is 10.0 Å². The molecule has 1 N–H and O–H groups in total. The van der Waals surface area contributed by atoms with Crippen molar-refractivity contribution in [1.82, 2.24) is 14.6 Å². The van der Waals surface area contributed by atoms with Crippen LogP contribution >= 0.6 is 11.3 Å². The quantitative estimate of drug-likeness (QED) is 0.834. The van der Waals surface area contributed by atoms with Gasteiger partial charge in [-0.2, -0.15) is 4.31 Å². The van der Waals surface area contributed by atoms with Crippen molar-refractivity contribution in [2.45, 2.75) is 18.1 Å². The average Bonchev–Trinajstić information content (AvgIpc) is 2.60. The fourth-order valence-corrected chi connectivity index (χ4v) is 4.81. The maximum Gasteiger partial charge on any atom is 0.254 e. The lowest BCUT2D eigenvalue weighted by Crippen LogP contribution is -2.46. The first-order valence-corrected chi connectivity index (χ1v) is 7.42. The summed E-state index contributed by atoms with van der Waals surface area (Å²) >= 11 is 1.25. The molecule has 0 aliphatic carbocycles. The summed E-state index contributed by atoms with van der Waals surface area (Å²) in [7, 11) is -3.32. The molecule has 0 unspecified atom stereocenters. The topological polar surface area (TPSA) is 62.3 Å². The molecule has 1 saturated heterocycles. The molecule has 0 aromatic carbocycles. The third-order valence-corrected chi connectivity index (χ3v) is 6.07. The Bertz CT molecular complexity index is 475. The fourth-order valence-electron chi connectivity index (χ4n) is 1.75. The smallest absolute Gasteiger partial charge is 0.254 e. The molecule has 0 saturated carbocycles. The van der Waals surface area contributed by atoms with Crippen LogP contribution in [-0.2, 0) is 10.0 Å². The lowest BCUT2D eigenvalue weighted by atomic mass is 10.4. The number of thiazole rings is 1. The number of piperazine rings is 1. The van der Waals surface area contributed by atoms with Gasteiger partial charge < -0.3 is 5.32 Å². The molecule has 7 heteroatoms. The molecule has 0 atom stereocenters. The molecule has 1 fully saturated rings. The van der Waals surface area contributed by atoms with Crippen molar-refractivity contribution < 1.29 is 8.42 Å². The maximum atomic E-state index is 12.3. The zero-order valence-corrected chi connectivity index (χ0v) is 11.0. The number of rotatable bonds is 2. The van der Waals surface area contributed by atoms with Gasteiger partial charge in [-0.15, -0.1) is 11.3 Å². The Hall–Kier alpha value is -0.500. The van der Waals surface area contributed by atoms with E-state index in [1.165, 1.54) is 15.6 Å². The number of nitrogens with zero attached hydrogens (tertiary/aromatic N) is 2. The van der Waals surface area contributed by atoms with E-state index in [1.54, 1.807) is 6.92 Å². The van der Waals surface area contributed by atoms with Crippen molar-refractivity contribution >= 4 is 21.4 Å². The van der Waals surface area contributed by atoms with Crippen LogP contribution in [0.2, 0.25) is 0 Å². The van der Waals surface area contributed by atoms with Crippen molar-refractivity contribution in [3.63, 3.8) is 0 Å². The van der Waals surface area contributed by atoms with Gasteiger partial charge in [-0.25, -0.2) is 13.4 Å². The SMILES string of the molecule is Cc1nc(C)c(S(=O)(=O)N2CCNCC2)s1. The van der Waals surface area contributed by atoms with Gasteiger partial charge in [0.1, 0.15) is 0 Å². The van der Waals surface area contributed by atoms with Crippen LogP contribution in [0.1, 0.15) is 10.7 Å². The lowest BCUT2D eigenvalue weighted by molar-refractivity contribution is 0.361. The first-order chi connectivity index (χ1) is 7.51. The zero-order valence-electron chi connectivity index (χ0n) is 9.36. The minimum Gasteiger partial charge on any atom is -0.314 e. The van der Waals surface area contributed by atoms with Gasteiger partial charge in [0.05, 0.1) is 10.7 Å². The Morgan fingerprint density at radius 2 is 1.94 bits per heavy atom. The van der Waals surface area contributed by atoms with Crippen molar-refractivity contribution in [2.75, 3.05) is 26.2 Å². The molecule has 2 heterocycles. The molecule has 90 valence electrons. The summed E-state index contributed by atoms with van der Waals surface area (Å²) in [6.45, 7) is 6.09. The number of sulfonamides is 1. The van der Waals surface area contributed by atoms with Crippen LogP contribution < -0.4 is 5.32 Å².